The highest BCUT2D eigenvalue weighted by Gasteiger charge is 2.19. The first kappa shape index (κ1) is 16.0. The lowest BCUT2D eigenvalue weighted by Gasteiger charge is -2.17. The molecule has 1 amide bonds. The van der Waals surface area contributed by atoms with E-state index in [0.717, 1.165) is 5.56 Å². The lowest BCUT2D eigenvalue weighted by molar-refractivity contribution is -0.128. The fourth-order valence-corrected chi connectivity index (χ4v) is 2.02. The number of halogens is 1. The number of para-hydroxylation sites is 1. The number of rotatable bonds is 6. The molecular formula is C18H20FNO2. The van der Waals surface area contributed by atoms with Gasteiger partial charge in [-0.2, -0.15) is 0 Å². The molecule has 0 heterocycles. The monoisotopic (exact) mass is 301 g/mol. The van der Waals surface area contributed by atoms with Gasteiger partial charge in [-0.15, -0.1) is 0 Å². The van der Waals surface area contributed by atoms with Crippen molar-refractivity contribution in [3.8, 4) is 5.75 Å². The highest BCUT2D eigenvalue weighted by molar-refractivity contribution is 5.81. The third-order valence-corrected chi connectivity index (χ3v) is 3.36. The number of nitrogens with one attached hydrogen (secondary N) is 1. The zero-order valence-corrected chi connectivity index (χ0v) is 12.8. The Balaban J connectivity index is 1.94. The van der Waals surface area contributed by atoms with Crippen LogP contribution >= 0.6 is 0 Å². The van der Waals surface area contributed by atoms with E-state index in [1.165, 1.54) is 17.7 Å². The Morgan fingerprint density at radius 1 is 1.18 bits per heavy atom. The highest BCUT2D eigenvalue weighted by atomic mass is 19.1. The molecule has 2 rings (SSSR count). The molecule has 2 aromatic rings. The maximum atomic E-state index is 13.6. The molecule has 4 heteroatoms. The van der Waals surface area contributed by atoms with Gasteiger partial charge < -0.3 is 10.1 Å². The number of amides is 1. The summed E-state index contributed by atoms with van der Waals surface area (Å²) in [6.45, 7) is 4.27. The maximum Gasteiger partial charge on any atom is 0.261 e. The van der Waals surface area contributed by atoms with Crippen LogP contribution in [0.4, 0.5) is 4.39 Å². The number of benzene rings is 2. The number of hydrogen-bond donors (Lipinski definition) is 1. The second-order valence-electron chi connectivity index (χ2n) is 5.15. The zero-order valence-electron chi connectivity index (χ0n) is 12.8. The van der Waals surface area contributed by atoms with E-state index in [0.29, 0.717) is 13.0 Å². The van der Waals surface area contributed by atoms with E-state index in [9.17, 15) is 9.18 Å². The normalized spacial score (nSPS) is 11.8. The predicted octanol–water partition coefficient (Wildman–Crippen LogP) is 3.61. The second kappa shape index (κ2) is 7.59. The molecule has 0 aliphatic rings. The van der Waals surface area contributed by atoms with Crippen LogP contribution in [0.5, 0.6) is 5.75 Å². The van der Waals surface area contributed by atoms with Crippen molar-refractivity contribution in [1.82, 2.24) is 5.32 Å². The Kier molecular flexibility index (Phi) is 5.53. The molecule has 0 fully saturated rings. The van der Waals surface area contributed by atoms with Gasteiger partial charge in [0.05, 0.1) is 0 Å². The van der Waals surface area contributed by atoms with Gasteiger partial charge in [0.1, 0.15) is 0 Å². The van der Waals surface area contributed by atoms with E-state index in [1.54, 1.807) is 12.1 Å². The van der Waals surface area contributed by atoms with E-state index < -0.39 is 11.9 Å². The number of ether oxygens (including phenoxy) is 1. The summed E-state index contributed by atoms with van der Waals surface area (Å²) in [5.41, 5.74) is 2.18. The predicted molar refractivity (Wildman–Crippen MR) is 84.1 cm³/mol. The van der Waals surface area contributed by atoms with E-state index in [2.05, 4.69) is 5.32 Å². The second-order valence-corrected chi connectivity index (χ2v) is 5.15. The van der Waals surface area contributed by atoms with Crippen LogP contribution in [-0.2, 0) is 11.3 Å². The molecule has 22 heavy (non-hydrogen) atoms. The van der Waals surface area contributed by atoms with Crippen LogP contribution in [0.1, 0.15) is 24.5 Å². The summed E-state index contributed by atoms with van der Waals surface area (Å²) in [7, 11) is 0. The van der Waals surface area contributed by atoms with Gasteiger partial charge in [0, 0.05) is 6.54 Å². The molecule has 0 spiro atoms. The van der Waals surface area contributed by atoms with Gasteiger partial charge in [0.15, 0.2) is 17.7 Å². The fourth-order valence-electron chi connectivity index (χ4n) is 2.02. The van der Waals surface area contributed by atoms with E-state index in [4.69, 9.17) is 4.74 Å². The van der Waals surface area contributed by atoms with Gasteiger partial charge >= 0.3 is 0 Å². The fraction of sp³-hybridized carbons (Fsp3) is 0.278. The SMILES string of the molecule is CCC(Oc1ccccc1F)C(=O)NCc1ccc(C)cc1. The molecule has 1 atom stereocenters. The summed E-state index contributed by atoms with van der Waals surface area (Å²) in [4.78, 5) is 12.2. The average Bonchev–Trinajstić information content (AvgIpc) is 2.53. The van der Waals surface area contributed by atoms with Gasteiger partial charge in [-0.1, -0.05) is 48.9 Å². The minimum Gasteiger partial charge on any atom is -0.478 e. The van der Waals surface area contributed by atoms with Crippen LogP contribution in [0, 0.1) is 12.7 Å². The summed E-state index contributed by atoms with van der Waals surface area (Å²) in [6, 6.07) is 14.0. The van der Waals surface area contributed by atoms with Gasteiger partial charge in [-0.3, -0.25) is 4.79 Å². The minimum absolute atomic E-state index is 0.0971. The van der Waals surface area contributed by atoms with Crippen molar-refractivity contribution in [1.29, 1.82) is 0 Å². The first-order valence-corrected chi connectivity index (χ1v) is 7.34. The third kappa shape index (κ3) is 4.32. The number of aryl methyl sites for hydroxylation is 1. The summed E-state index contributed by atoms with van der Waals surface area (Å²) in [5, 5.41) is 2.82. The van der Waals surface area contributed by atoms with E-state index in [-0.39, 0.29) is 11.7 Å². The van der Waals surface area contributed by atoms with Crippen molar-refractivity contribution in [2.75, 3.05) is 0 Å². The molecule has 0 aliphatic heterocycles. The molecule has 0 aliphatic carbocycles. The van der Waals surface area contributed by atoms with E-state index >= 15 is 0 Å². The van der Waals surface area contributed by atoms with E-state index in [1.807, 2.05) is 38.1 Å². The van der Waals surface area contributed by atoms with Crippen molar-refractivity contribution in [3.05, 3.63) is 65.5 Å². The number of hydrogen-bond acceptors (Lipinski definition) is 2. The van der Waals surface area contributed by atoms with Crippen molar-refractivity contribution < 1.29 is 13.9 Å². The Bertz CT molecular complexity index is 625. The van der Waals surface area contributed by atoms with Crippen LogP contribution in [0.15, 0.2) is 48.5 Å². The number of carbonyl (C=O) groups excluding carboxylic acids is 1. The highest BCUT2D eigenvalue weighted by Crippen LogP contribution is 2.18. The zero-order chi connectivity index (χ0) is 15.9. The molecular weight excluding hydrogens is 281 g/mol. The molecule has 0 aromatic heterocycles. The Morgan fingerprint density at radius 2 is 1.86 bits per heavy atom. The van der Waals surface area contributed by atoms with Gasteiger partial charge in [0.2, 0.25) is 0 Å². The standard InChI is InChI=1S/C18H20FNO2/c1-3-16(22-17-7-5-4-6-15(17)19)18(21)20-12-14-10-8-13(2)9-11-14/h4-11,16H,3,12H2,1-2H3,(H,20,21). The van der Waals surface area contributed by atoms with Crippen LogP contribution in [-0.4, -0.2) is 12.0 Å². The largest absolute Gasteiger partial charge is 0.478 e. The van der Waals surface area contributed by atoms with Crippen LogP contribution in [0.25, 0.3) is 0 Å². The van der Waals surface area contributed by atoms with Crippen molar-refractivity contribution >= 4 is 5.91 Å². The molecule has 0 saturated heterocycles. The third-order valence-electron chi connectivity index (χ3n) is 3.36. The van der Waals surface area contributed by atoms with Crippen molar-refractivity contribution in [2.24, 2.45) is 0 Å². The molecule has 2 aromatic carbocycles. The summed E-state index contributed by atoms with van der Waals surface area (Å²) >= 11 is 0. The average molecular weight is 301 g/mol. The molecule has 0 saturated carbocycles. The molecule has 1 N–H and O–H groups in total. The van der Waals surface area contributed by atoms with Crippen LogP contribution < -0.4 is 10.1 Å². The smallest absolute Gasteiger partial charge is 0.261 e. The van der Waals surface area contributed by atoms with Gasteiger partial charge in [-0.05, 0) is 31.0 Å². The Labute approximate surface area is 130 Å². The first-order chi connectivity index (χ1) is 10.6. The Hall–Kier alpha value is -2.36. The Morgan fingerprint density at radius 3 is 2.50 bits per heavy atom. The van der Waals surface area contributed by atoms with Crippen molar-refractivity contribution in [2.45, 2.75) is 32.9 Å². The quantitative estimate of drug-likeness (QED) is 0.885. The minimum atomic E-state index is -0.706. The maximum absolute atomic E-state index is 13.6. The number of carbonyl (C=O) groups is 1. The van der Waals surface area contributed by atoms with Crippen LogP contribution in [0.3, 0.4) is 0 Å². The molecule has 0 radical (unpaired) electrons. The summed E-state index contributed by atoms with van der Waals surface area (Å²) in [5.74, 6) is -0.613. The van der Waals surface area contributed by atoms with Crippen LogP contribution in [0.2, 0.25) is 0 Å². The van der Waals surface area contributed by atoms with Crippen molar-refractivity contribution in [3.63, 3.8) is 0 Å². The summed E-state index contributed by atoms with van der Waals surface area (Å²) < 4.78 is 19.1. The van der Waals surface area contributed by atoms with Gasteiger partial charge in [-0.25, -0.2) is 4.39 Å². The lowest BCUT2D eigenvalue weighted by Crippen LogP contribution is -2.37. The summed E-state index contributed by atoms with van der Waals surface area (Å²) in [6.07, 6.45) is -0.240. The topological polar surface area (TPSA) is 38.3 Å². The molecule has 3 nitrogen and oxygen atoms in total. The lowest BCUT2D eigenvalue weighted by atomic mass is 10.1. The van der Waals surface area contributed by atoms with Gasteiger partial charge in [0.25, 0.3) is 5.91 Å². The molecule has 116 valence electrons. The first-order valence-electron chi connectivity index (χ1n) is 7.34. The molecule has 0 bridgehead atoms. The molecule has 1 unspecified atom stereocenters.